The normalized spacial score (nSPS) is 17.0. The second-order valence-corrected chi connectivity index (χ2v) is 9.87. The predicted molar refractivity (Wildman–Crippen MR) is 103 cm³/mol. The van der Waals surface area contributed by atoms with E-state index in [4.69, 9.17) is 16.1 Å². The van der Waals surface area contributed by atoms with Crippen LogP contribution in [0.1, 0.15) is 31.1 Å². The number of alkyl halides is 3. The van der Waals surface area contributed by atoms with Crippen LogP contribution in [-0.4, -0.2) is 53.9 Å². The Morgan fingerprint density at radius 3 is 2.47 bits per heavy atom. The highest BCUT2D eigenvalue weighted by Gasteiger charge is 2.36. The Hall–Kier alpha value is -1.69. The summed E-state index contributed by atoms with van der Waals surface area (Å²) in [4.78, 5) is 5.86. The van der Waals surface area contributed by atoms with Crippen molar-refractivity contribution in [2.75, 3.05) is 26.2 Å². The van der Waals surface area contributed by atoms with Crippen LogP contribution < -0.4 is 0 Å². The van der Waals surface area contributed by atoms with E-state index in [1.165, 1.54) is 4.31 Å². The van der Waals surface area contributed by atoms with E-state index in [2.05, 4.69) is 10.1 Å². The third kappa shape index (κ3) is 5.32. The fourth-order valence-corrected chi connectivity index (χ4v) is 4.83. The second-order valence-electron chi connectivity index (χ2n) is 7.52. The lowest BCUT2D eigenvalue weighted by Gasteiger charge is -2.33. The minimum atomic E-state index is -4.74. The van der Waals surface area contributed by atoms with E-state index >= 15 is 0 Å². The van der Waals surface area contributed by atoms with Gasteiger partial charge < -0.3 is 4.52 Å². The van der Waals surface area contributed by atoms with Gasteiger partial charge in [-0.15, -0.1) is 0 Å². The molecule has 0 atom stereocenters. The quantitative estimate of drug-likeness (QED) is 0.648. The number of benzene rings is 1. The first-order valence-corrected chi connectivity index (χ1v) is 11.2. The molecule has 1 saturated heterocycles. The van der Waals surface area contributed by atoms with Gasteiger partial charge in [0.05, 0.1) is 22.0 Å². The van der Waals surface area contributed by atoms with Crippen molar-refractivity contribution in [1.29, 1.82) is 0 Å². The van der Waals surface area contributed by atoms with Gasteiger partial charge in [-0.1, -0.05) is 30.6 Å². The highest BCUT2D eigenvalue weighted by Crippen LogP contribution is 2.36. The van der Waals surface area contributed by atoms with Crippen molar-refractivity contribution in [1.82, 2.24) is 19.3 Å². The lowest BCUT2D eigenvalue weighted by atomic mass is 10.1. The fourth-order valence-electron chi connectivity index (χ4n) is 3.15. The Kier molecular flexibility index (Phi) is 6.75. The molecule has 0 radical (unpaired) electrons. The molecule has 0 aliphatic carbocycles. The van der Waals surface area contributed by atoms with Gasteiger partial charge in [-0.2, -0.15) is 22.5 Å². The number of sulfonamides is 1. The molecule has 0 N–H and O–H groups in total. The molecule has 30 heavy (non-hydrogen) atoms. The molecule has 12 heteroatoms. The molecular formula is C18H22ClF3N4O3S. The highest BCUT2D eigenvalue weighted by atomic mass is 35.5. The molecule has 3 rings (SSSR count). The largest absolute Gasteiger partial charge is 0.417 e. The SMILES string of the molecule is CC(C)Cc1noc(CN2CCN(S(=O)(=O)c3ccc(Cl)c(C(F)(F)F)c3)CC2)n1. The lowest BCUT2D eigenvalue weighted by molar-refractivity contribution is -0.137. The Bertz CT molecular complexity index is 987. The summed E-state index contributed by atoms with van der Waals surface area (Å²) < 4.78 is 71.2. The van der Waals surface area contributed by atoms with Crippen molar-refractivity contribution in [2.24, 2.45) is 5.92 Å². The number of halogens is 4. The van der Waals surface area contributed by atoms with E-state index in [1.54, 1.807) is 0 Å². The number of hydrogen-bond donors (Lipinski definition) is 0. The maximum absolute atomic E-state index is 13.1. The van der Waals surface area contributed by atoms with Gasteiger partial charge >= 0.3 is 6.18 Å². The lowest BCUT2D eigenvalue weighted by Crippen LogP contribution is -2.48. The Labute approximate surface area is 177 Å². The minimum Gasteiger partial charge on any atom is -0.338 e. The molecule has 0 saturated carbocycles. The van der Waals surface area contributed by atoms with Crippen molar-refractivity contribution in [3.63, 3.8) is 0 Å². The number of nitrogens with zero attached hydrogens (tertiary/aromatic N) is 4. The van der Waals surface area contributed by atoms with Gasteiger partial charge in [-0.05, 0) is 24.1 Å². The van der Waals surface area contributed by atoms with E-state index < -0.39 is 31.7 Å². The Balaban J connectivity index is 1.65. The number of aromatic nitrogens is 2. The van der Waals surface area contributed by atoms with E-state index in [-0.39, 0.29) is 13.1 Å². The molecule has 1 aromatic heterocycles. The van der Waals surface area contributed by atoms with E-state index in [0.29, 0.717) is 49.8 Å². The zero-order valence-electron chi connectivity index (χ0n) is 16.5. The average molecular weight is 467 g/mol. The molecule has 7 nitrogen and oxygen atoms in total. The van der Waals surface area contributed by atoms with Crippen molar-refractivity contribution in [3.8, 4) is 0 Å². The van der Waals surface area contributed by atoms with E-state index in [1.807, 2.05) is 18.7 Å². The number of piperazine rings is 1. The van der Waals surface area contributed by atoms with E-state index in [9.17, 15) is 21.6 Å². The summed E-state index contributed by atoms with van der Waals surface area (Å²) in [7, 11) is -4.07. The summed E-state index contributed by atoms with van der Waals surface area (Å²) in [6, 6.07) is 2.63. The first kappa shape index (κ1) is 23.0. The van der Waals surface area contributed by atoms with Gasteiger partial charge in [-0.25, -0.2) is 8.42 Å². The molecule has 0 unspecified atom stereocenters. The molecule has 1 fully saturated rings. The molecule has 1 aromatic carbocycles. The van der Waals surface area contributed by atoms with Gasteiger partial charge in [0.1, 0.15) is 0 Å². The molecule has 1 aliphatic rings. The van der Waals surface area contributed by atoms with Crippen LogP contribution in [-0.2, 0) is 29.2 Å². The van der Waals surface area contributed by atoms with Crippen LogP contribution in [0.2, 0.25) is 5.02 Å². The summed E-state index contributed by atoms with van der Waals surface area (Å²) >= 11 is 5.59. The van der Waals surface area contributed by atoms with Crippen LogP contribution in [0.3, 0.4) is 0 Å². The van der Waals surface area contributed by atoms with Crippen molar-refractivity contribution < 1.29 is 26.1 Å². The summed E-state index contributed by atoms with van der Waals surface area (Å²) in [6.07, 6.45) is -4.03. The van der Waals surface area contributed by atoms with Crippen LogP contribution in [0.4, 0.5) is 13.2 Å². The van der Waals surface area contributed by atoms with Gasteiger partial charge in [0, 0.05) is 32.6 Å². The highest BCUT2D eigenvalue weighted by molar-refractivity contribution is 7.89. The first-order valence-electron chi connectivity index (χ1n) is 9.37. The fraction of sp³-hybridized carbons (Fsp3) is 0.556. The van der Waals surface area contributed by atoms with Crippen LogP contribution in [0.15, 0.2) is 27.6 Å². The van der Waals surface area contributed by atoms with Gasteiger partial charge in [0.25, 0.3) is 0 Å². The molecule has 0 spiro atoms. The first-order chi connectivity index (χ1) is 14.0. The standard InChI is InChI=1S/C18H22ClF3N4O3S/c1-12(2)9-16-23-17(29-24-16)11-25-5-7-26(8-6-25)30(27,28)13-3-4-15(19)14(10-13)18(20,21)22/h3-4,10,12H,5-9,11H2,1-2H3. The Morgan fingerprint density at radius 1 is 1.20 bits per heavy atom. The molecule has 0 bridgehead atoms. The summed E-state index contributed by atoms with van der Waals surface area (Å²) in [6.45, 7) is 5.54. The minimum absolute atomic E-state index is 0.138. The van der Waals surface area contributed by atoms with Gasteiger partial charge in [-0.3, -0.25) is 4.90 Å². The van der Waals surface area contributed by atoms with Crippen LogP contribution >= 0.6 is 11.6 Å². The topological polar surface area (TPSA) is 79.5 Å². The van der Waals surface area contributed by atoms with Gasteiger partial charge in [0.15, 0.2) is 5.82 Å². The van der Waals surface area contributed by atoms with Crippen LogP contribution in [0.25, 0.3) is 0 Å². The molecule has 2 heterocycles. The third-order valence-corrected chi connectivity index (χ3v) is 6.90. The molecule has 0 amide bonds. The van der Waals surface area contributed by atoms with Crippen molar-refractivity contribution in [3.05, 3.63) is 40.5 Å². The average Bonchev–Trinajstić information content (AvgIpc) is 3.07. The van der Waals surface area contributed by atoms with Crippen molar-refractivity contribution >= 4 is 21.6 Å². The molecule has 2 aromatic rings. The number of rotatable bonds is 6. The van der Waals surface area contributed by atoms with Crippen molar-refractivity contribution in [2.45, 2.75) is 37.9 Å². The summed E-state index contributed by atoms with van der Waals surface area (Å²) in [5, 5.41) is 3.39. The number of hydrogen-bond acceptors (Lipinski definition) is 6. The molecule has 166 valence electrons. The smallest absolute Gasteiger partial charge is 0.338 e. The zero-order chi connectivity index (χ0) is 22.1. The van der Waals surface area contributed by atoms with Crippen LogP contribution in [0, 0.1) is 5.92 Å². The molecule has 1 aliphatic heterocycles. The maximum atomic E-state index is 13.1. The summed E-state index contributed by atoms with van der Waals surface area (Å²) in [5.41, 5.74) is -1.17. The van der Waals surface area contributed by atoms with E-state index in [0.717, 1.165) is 12.1 Å². The maximum Gasteiger partial charge on any atom is 0.417 e. The summed E-state index contributed by atoms with van der Waals surface area (Å²) in [5.74, 6) is 1.48. The predicted octanol–water partition coefficient (Wildman–Crippen LogP) is 3.45. The second kappa shape index (κ2) is 8.81. The Morgan fingerprint density at radius 2 is 1.87 bits per heavy atom. The van der Waals surface area contributed by atoms with Crippen LogP contribution in [0.5, 0.6) is 0 Å². The monoisotopic (exact) mass is 466 g/mol. The zero-order valence-corrected chi connectivity index (χ0v) is 18.1. The molecular weight excluding hydrogens is 445 g/mol. The third-order valence-electron chi connectivity index (χ3n) is 4.67. The van der Waals surface area contributed by atoms with Gasteiger partial charge in [0.2, 0.25) is 15.9 Å².